The highest BCUT2D eigenvalue weighted by Gasteiger charge is 2.29. The number of H-pyrrole nitrogens is 2. The van der Waals surface area contributed by atoms with Gasteiger partial charge in [-0.3, -0.25) is 47.9 Å². The molecule has 0 aliphatic carbocycles. The Kier molecular flexibility index (Phi) is 13.4. The first-order valence-electron chi connectivity index (χ1n) is 13.9. The third-order valence-electron chi connectivity index (χ3n) is 6.67. The monoisotopic (exact) mass is 620 g/mol. The Balaban J connectivity index is 2.20. The van der Waals surface area contributed by atoms with Crippen LogP contribution in [0, 0.1) is 13.8 Å². The lowest BCUT2D eigenvalue weighted by atomic mass is 10.1. The van der Waals surface area contributed by atoms with Gasteiger partial charge in [-0.05, 0) is 39.7 Å². The smallest absolute Gasteiger partial charge is 0.328 e. The first-order valence-corrected chi connectivity index (χ1v) is 13.9. The Labute approximate surface area is 251 Å². The first kappa shape index (κ1) is 35.4. The maximum absolute atomic E-state index is 13.4. The molecule has 0 radical (unpaired) electrons. The summed E-state index contributed by atoms with van der Waals surface area (Å²) in [6.07, 6.45) is 3.72. The number of amides is 4. The fourth-order valence-corrected chi connectivity index (χ4v) is 4.37. The highest BCUT2D eigenvalue weighted by atomic mass is 16.2. The lowest BCUT2D eigenvalue weighted by Gasteiger charge is -2.31. The molecule has 2 heterocycles. The number of aromatic amines is 2. The molecule has 0 saturated heterocycles. The van der Waals surface area contributed by atoms with E-state index in [9.17, 15) is 38.4 Å². The summed E-state index contributed by atoms with van der Waals surface area (Å²) in [7, 11) is 0. The van der Waals surface area contributed by atoms with Crippen molar-refractivity contribution in [3.63, 3.8) is 0 Å². The average molecular weight is 621 g/mol. The van der Waals surface area contributed by atoms with E-state index in [1.807, 2.05) is 0 Å². The van der Waals surface area contributed by atoms with Gasteiger partial charge in [-0.1, -0.05) is 0 Å². The molecule has 2 aromatic rings. The molecular formula is C26H40N10O8. The summed E-state index contributed by atoms with van der Waals surface area (Å²) in [5.74, 6) is -2.67. The van der Waals surface area contributed by atoms with Crippen LogP contribution in [0.25, 0.3) is 0 Å². The van der Waals surface area contributed by atoms with Gasteiger partial charge >= 0.3 is 11.4 Å². The molecular weight excluding hydrogens is 580 g/mol. The van der Waals surface area contributed by atoms with E-state index in [-0.39, 0.29) is 43.7 Å². The van der Waals surface area contributed by atoms with Crippen LogP contribution in [0.5, 0.6) is 0 Å². The average Bonchev–Trinajstić information content (AvgIpc) is 2.95. The van der Waals surface area contributed by atoms with E-state index in [0.717, 1.165) is 14.0 Å². The van der Waals surface area contributed by atoms with E-state index in [2.05, 4.69) is 15.3 Å². The first-order chi connectivity index (χ1) is 20.8. The van der Waals surface area contributed by atoms with Crippen molar-refractivity contribution in [2.45, 2.75) is 52.2 Å². The van der Waals surface area contributed by atoms with Gasteiger partial charge in [0.1, 0.15) is 19.1 Å². The summed E-state index contributed by atoms with van der Waals surface area (Å²) in [5.41, 5.74) is 14.3. The predicted octanol–water partition coefficient (Wildman–Crippen LogP) is -4.58. The maximum atomic E-state index is 13.4. The standard InChI is InChI=1S/C26H40N10O8/c1-16-11-34(25(43)31-22(16)40)14-20(38)33(13-19(29)37)10-8-30-24(42)18(5-3-4-6-27)36(9-7-28)21(39)15-35-12-17(2)23(41)32-26(35)44/h11-12,18H,3-10,13-15,27-28H2,1-2H3,(H2,29,37)(H,30,42)(H,31,40,43)(H,32,41,44)/t18-/m1/s1. The Hall–Kier alpha value is -4.84. The molecule has 18 nitrogen and oxygen atoms in total. The summed E-state index contributed by atoms with van der Waals surface area (Å²) in [6, 6.07) is -1.01. The van der Waals surface area contributed by atoms with Crippen LogP contribution >= 0.6 is 0 Å². The number of nitrogens with zero attached hydrogens (tertiary/aromatic N) is 4. The Morgan fingerprint density at radius 2 is 1.39 bits per heavy atom. The van der Waals surface area contributed by atoms with Crippen molar-refractivity contribution in [2.24, 2.45) is 17.2 Å². The van der Waals surface area contributed by atoms with E-state index in [0.29, 0.717) is 19.4 Å². The Morgan fingerprint density at radius 1 is 0.841 bits per heavy atom. The summed E-state index contributed by atoms with van der Waals surface area (Å²) in [6.45, 7) is 1.51. The van der Waals surface area contributed by atoms with E-state index in [1.54, 1.807) is 0 Å². The highest BCUT2D eigenvalue weighted by Crippen LogP contribution is 2.11. The fraction of sp³-hybridized carbons (Fsp3) is 0.538. The number of aryl methyl sites for hydroxylation is 2. The lowest BCUT2D eigenvalue weighted by molar-refractivity contribution is -0.141. The molecule has 0 aliphatic rings. The second-order valence-corrected chi connectivity index (χ2v) is 10.1. The number of unbranched alkanes of at least 4 members (excludes halogenated alkanes) is 1. The summed E-state index contributed by atoms with van der Waals surface area (Å²) in [4.78, 5) is 106. The second-order valence-electron chi connectivity index (χ2n) is 10.1. The molecule has 9 N–H and O–H groups in total. The van der Waals surface area contributed by atoms with Crippen molar-refractivity contribution in [1.82, 2.24) is 34.2 Å². The fourth-order valence-electron chi connectivity index (χ4n) is 4.37. The summed E-state index contributed by atoms with van der Waals surface area (Å²) < 4.78 is 2.00. The zero-order chi connectivity index (χ0) is 33.0. The molecule has 0 unspecified atom stereocenters. The molecule has 0 bridgehead atoms. The number of primary amides is 1. The van der Waals surface area contributed by atoms with Gasteiger partial charge in [0, 0.05) is 49.7 Å². The molecule has 2 aromatic heterocycles. The van der Waals surface area contributed by atoms with Crippen LogP contribution in [0.1, 0.15) is 30.4 Å². The number of carbonyl (C=O) groups is 4. The zero-order valence-corrected chi connectivity index (χ0v) is 24.8. The number of hydrogen-bond donors (Lipinski definition) is 6. The predicted molar refractivity (Wildman–Crippen MR) is 158 cm³/mol. The van der Waals surface area contributed by atoms with Crippen molar-refractivity contribution in [1.29, 1.82) is 0 Å². The number of carbonyl (C=O) groups excluding carboxylic acids is 4. The van der Waals surface area contributed by atoms with Gasteiger partial charge in [0.05, 0.1) is 6.54 Å². The van der Waals surface area contributed by atoms with E-state index >= 15 is 0 Å². The quantitative estimate of drug-likeness (QED) is 0.0921. The highest BCUT2D eigenvalue weighted by molar-refractivity contribution is 5.88. The normalized spacial score (nSPS) is 11.5. The second kappa shape index (κ2) is 16.7. The minimum absolute atomic E-state index is 0.0104. The van der Waals surface area contributed by atoms with Crippen molar-refractivity contribution in [3.8, 4) is 0 Å². The van der Waals surface area contributed by atoms with E-state index < -0.39 is 71.8 Å². The molecule has 4 amide bonds. The van der Waals surface area contributed by atoms with Crippen LogP contribution in [0.15, 0.2) is 31.6 Å². The maximum Gasteiger partial charge on any atom is 0.328 e. The number of rotatable bonds is 17. The van der Waals surface area contributed by atoms with Crippen LogP contribution in [0.2, 0.25) is 0 Å². The molecule has 1 atom stereocenters. The molecule has 0 spiro atoms. The van der Waals surface area contributed by atoms with Gasteiger partial charge in [0.2, 0.25) is 23.6 Å². The van der Waals surface area contributed by atoms with Gasteiger partial charge in [0.15, 0.2) is 0 Å². The molecule has 0 fully saturated rings. The molecule has 0 saturated carbocycles. The van der Waals surface area contributed by atoms with Gasteiger partial charge in [0.25, 0.3) is 11.1 Å². The van der Waals surface area contributed by atoms with Gasteiger partial charge in [-0.25, -0.2) is 9.59 Å². The van der Waals surface area contributed by atoms with Crippen molar-refractivity contribution in [2.75, 3.05) is 39.3 Å². The molecule has 242 valence electrons. The number of nitrogens with one attached hydrogen (secondary N) is 3. The minimum atomic E-state index is -1.01. The number of hydrogen-bond acceptors (Lipinski definition) is 10. The lowest BCUT2D eigenvalue weighted by Crippen LogP contribution is -2.53. The van der Waals surface area contributed by atoms with Gasteiger partial charge < -0.3 is 32.3 Å². The topological polar surface area (TPSA) is 275 Å². The van der Waals surface area contributed by atoms with Crippen LogP contribution < -0.4 is 45.0 Å². The largest absolute Gasteiger partial charge is 0.368 e. The van der Waals surface area contributed by atoms with Crippen LogP contribution in [-0.2, 0) is 32.3 Å². The van der Waals surface area contributed by atoms with Crippen molar-refractivity contribution >= 4 is 23.6 Å². The molecule has 0 aromatic carbocycles. The van der Waals surface area contributed by atoms with Gasteiger partial charge in [-0.2, -0.15) is 0 Å². The summed E-state index contributed by atoms with van der Waals surface area (Å²) in [5, 5.41) is 2.66. The van der Waals surface area contributed by atoms with E-state index in [4.69, 9.17) is 17.2 Å². The van der Waals surface area contributed by atoms with Crippen LogP contribution in [-0.4, -0.2) is 97.8 Å². The Bertz CT molecular complexity index is 1570. The molecule has 0 aliphatic heterocycles. The third kappa shape index (κ3) is 10.2. The number of aromatic nitrogens is 4. The van der Waals surface area contributed by atoms with E-state index in [1.165, 1.54) is 31.1 Å². The number of nitrogens with two attached hydrogens (primary N) is 3. The molecule has 2 rings (SSSR count). The molecule has 44 heavy (non-hydrogen) atoms. The van der Waals surface area contributed by atoms with Crippen molar-refractivity contribution in [3.05, 3.63) is 65.2 Å². The zero-order valence-electron chi connectivity index (χ0n) is 24.8. The molecule has 18 heteroatoms. The van der Waals surface area contributed by atoms with Gasteiger partial charge in [-0.15, -0.1) is 0 Å². The van der Waals surface area contributed by atoms with Crippen LogP contribution in [0.3, 0.4) is 0 Å². The minimum Gasteiger partial charge on any atom is -0.368 e. The summed E-state index contributed by atoms with van der Waals surface area (Å²) >= 11 is 0. The van der Waals surface area contributed by atoms with Crippen molar-refractivity contribution < 1.29 is 19.2 Å². The SMILES string of the molecule is Cc1cn(CC(=O)N(CCNC(=O)[C@@H](CCCCN)N(CCN)C(=O)Cn2cc(C)c(=O)[nH]c2=O)CC(N)=O)c(=O)[nH]c1=O. The van der Waals surface area contributed by atoms with Crippen LogP contribution in [0.4, 0.5) is 0 Å². The third-order valence-corrected chi connectivity index (χ3v) is 6.67. The Morgan fingerprint density at radius 3 is 1.89 bits per heavy atom.